The fraction of sp³-hybridized carbons (Fsp3) is 0.240. The predicted molar refractivity (Wildman–Crippen MR) is 121 cm³/mol. The van der Waals surface area contributed by atoms with E-state index in [0.29, 0.717) is 29.5 Å². The normalized spacial score (nSPS) is 13.4. The molecule has 2 aromatic carbocycles. The number of esters is 1. The van der Waals surface area contributed by atoms with Crippen LogP contribution in [0.3, 0.4) is 0 Å². The van der Waals surface area contributed by atoms with Crippen LogP contribution in [0.2, 0.25) is 5.02 Å². The number of nitrogens with zero attached hydrogens (tertiary/aromatic N) is 2. The Kier molecular flexibility index (Phi) is 6.63. The molecule has 0 bridgehead atoms. The summed E-state index contributed by atoms with van der Waals surface area (Å²) in [5, 5.41) is 8.98. The molecule has 3 aromatic rings. The van der Waals surface area contributed by atoms with E-state index in [1.807, 2.05) is 48.5 Å². The number of benzene rings is 2. The molecule has 1 aliphatic carbocycles. The van der Waals surface area contributed by atoms with Gasteiger partial charge in [-0.05, 0) is 67.2 Å². The maximum atomic E-state index is 12.1. The van der Waals surface area contributed by atoms with E-state index >= 15 is 0 Å². The Hall–Kier alpha value is -3.18. The third-order valence-corrected chi connectivity index (χ3v) is 5.43. The SMILES string of the molecule is CCOC(=O)c1cnnc(C2=C(c3cc(Cl)ccc3OCc3ccccc3)CCC2)c1. The van der Waals surface area contributed by atoms with Gasteiger partial charge in [-0.3, -0.25) is 0 Å². The molecule has 0 amide bonds. The lowest BCUT2D eigenvalue weighted by atomic mass is 9.98. The van der Waals surface area contributed by atoms with Gasteiger partial charge in [0.25, 0.3) is 0 Å². The molecule has 1 aromatic heterocycles. The molecule has 0 unspecified atom stereocenters. The molecule has 0 aliphatic heterocycles. The van der Waals surface area contributed by atoms with Crippen LogP contribution in [0.5, 0.6) is 5.75 Å². The summed E-state index contributed by atoms with van der Waals surface area (Å²) in [5.74, 6) is 0.380. The zero-order valence-corrected chi connectivity index (χ0v) is 18.1. The summed E-state index contributed by atoms with van der Waals surface area (Å²) in [6, 6.07) is 17.5. The minimum atomic E-state index is -0.395. The second kappa shape index (κ2) is 9.75. The molecule has 6 heteroatoms. The molecule has 0 saturated heterocycles. The number of carbonyl (C=O) groups is 1. The predicted octanol–water partition coefficient (Wildman–Crippen LogP) is 5.98. The van der Waals surface area contributed by atoms with Crippen molar-refractivity contribution in [2.45, 2.75) is 32.8 Å². The largest absolute Gasteiger partial charge is 0.488 e. The highest BCUT2D eigenvalue weighted by molar-refractivity contribution is 6.30. The van der Waals surface area contributed by atoms with Crippen molar-refractivity contribution in [2.75, 3.05) is 6.61 Å². The van der Waals surface area contributed by atoms with Crippen molar-refractivity contribution in [3.05, 3.63) is 88.2 Å². The maximum Gasteiger partial charge on any atom is 0.339 e. The van der Waals surface area contributed by atoms with Gasteiger partial charge in [0.2, 0.25) is 0 Å². The van der Waals surface area contributed by atoms with Gasteiger partial charge in [-0.15, -0.1) is 0 Å². The average molecular weight is 435 g/mol. The molecular weight excluding hydrogens is 412 g/mol. The number of hydrogen-bond acceptors (Lipinski definition) is 5. The van der Waals surface area contributed by atoms with E-state index in [4.69, 9.17) is 21.1 Å². The van der Waals surface area contributed by atoms with E-state index in [1.54, 1.807) is 13.0 Å². The molecule has 0 spiro atoms. The lowest BCUT2D eigenvalue weighted by Gasteiger charge is -2.15. The Bertz CT molecular complexity index is 1110. The molecule has 4 rings (SSSR count). The van der Waals surface area contributed by atoms with Crippen LogP contribution >= 0.6 is 11.6 Å². The molecule has 1 aliphatic rings. The van der Waals surface area contributed by atoms with E-state index in [2.05, 4.69) is 10.2 Å². The Labute approximate surface area is 186 Å². The summed E-state index contributed by atoms with van der Waals surface area (Å²) in [7, 11) is 0. The first-order chi connectivity index (χ1) is 15.2. The van der Waals surface area contributed by atoms with E-state index in [9.17, 15) is 4.79 Å². The van der Waals surface area contributed by atoms with Gasteiger partial charge in [-0.25, -0.2) is 4.79 Å². The van der Waals surface area contributed by atoms with E-state index in [1.165, 1.54) is 6.20 Å². The van der Waals surface area contributed by atoms with Gasteiger partial charge in [0.05, 0.1) is 24.1 Å². The zero-order chi connectivity index (χ0) is 21.6. The second-order valence-corrected chi connectivity index (χ2v) is 7.71. The van der Waals surface area contributed by atoms with Crippen molar-refractivity contribution < 1.29 is 14.3 Å². The molecule has 158 valence electrons. The Morgan fingerprint density at radius 1 is 1.06 bits per heavy atom. The van der Waals surface area contributed by atoms with Gasteiger partial charge in [0.1, 0.15) is 12.4 Å². The van der Waals surface area contributed by atoms with Crippen LogP contribution in [0, 0.1) is 0 Å². The first-order valence-corrected chi connectivity index (χ1v) is 10.7. The minimum absolute atomic E-state index is 0.315. The van der Waals surface area contributed by atoms with E-state index < -0.39 is 5.97 Å². The van der Waals surface area contributed by atoms with Crippen molar-refractivity contribution >= 4 is 28.7 Å². The van der Waals surface area contributed by atoms with Crippen LogP contribution in [-0.4, -0.2) is 22.8 Å². The Balaban J connectivity index is 1.69. The van der Waals surface area contributed by atoms with Gasteiger partial charge in [0, 0.05) is 10.6 Å². The van der Waals surface area contributed by atoms with Crippen LogP contribution in [0.1, 0.15) is 53.4 Å². The lowest BCUT2D eigenvalue weighted by Crippen LogP contribution is -2.07. The monoisotopic (exact) mass is 434 g/mol. The number of rotatable bonds is 7. The van der Waals surface area contributed by atoms with Crippen LogP contribution in [0.15, 0.2) is 60.8 Å². The van der Waals surface area contributed by atoms with Gasteiger partial charge < -0.3 is 9.47 Å². The molecule has 0 saturated carbocycles. The molecular formula is C25H23ClN2O3. The van der Waals surface area contributed by atoms with Crippen LogP contribution < -0.4 is 4.74 Å². The molecule has 0 fully saturated rings. The summed E-state index contributed by atoms with van der Waals surface area (Å²) >= 11 is 6.34. The molecule has 0 radical (unpaired) electrons. The molecule has 31 heavy (non-hydrogen) atoms. The fourth-order valence-electron chi connectivity index (χ4n) is 3.76. The smallest absolute Gasteiger partial charge is 0.339 e. The van der Waals surface area contributed by atoms with Crippen LogP contribution in [0.4, 0.5) is 0 Å². The highest BCUT2D eigenvalue weighted by Gasteiger charge is 2.23. The Morgan fingerprint density at radius 2 is 1.87 bits per heavy atom. The number of halogens is 1. The van der Waals surface area contributed by atoms with Gasteiger partial charge in [0.15, 0.2) is 0 Å². The summed E-state index contributed by atoms with van der Waals surface area (Å²) < 4.78 is 11.3. The van der Waals surface area contributed by atoms with Crippen molar-refractivity contribution in [3.8, 4) is 5.75 Å². The number of hydrogen-bond donors (Lipinski definition) is 0. The van der Waals surface area contributed by atoms with Crippen LogP contribution in [-0.2, 0) is 11.3 Å². The standard InChI is InChI=1S/C25H23ClN2O3/c1-2-30-25(29)18-13-23(28-27-15-18)21-10-6-9-20(21)22-14-19(26)11-12-24(22)31-16-17-7-4-3-5-8-17/h3-5,7-8,11-15H,2,6,9-10,16H2,1H3. The number of allylic oxidation sites excluding steroid dienone is 2. The van der Waals surface area contributed by atoms with Crippen molar-refractivity contribution in [1.29, 1.82) is 0 Å². The van der Waals surface area contributed by atoms with E-state index in [0.717, 1.165) is 47.3 Å². The maximum absolute atomic E-state index is 12.1. The number of carbonyl (C=O) groups excluding carboxylic acids is 1. The summed E-state index contributed by atoms with van der Waals surface area (Å²) in [4.78, 5) is 12.1. The van der Waals surface area contributed by atoms with Crippen molar-refractivity contribution in [2.24, 2.45) is 0 Å². The highest BCUT2D eigenvalue weighted by Crippen LogP contribution is 2.43. The minimum Gasteiger partial charge on any atom is -0.488 e. The van der Waals surface area contributed by atoms with E-state index in [-0.39, 0.29) is 0 Å². The topological polar surface area (TPSA) is 61.3 Å². The zero-order valence-electron chi connectivity index (χ0n) is 17.3. The number of ether oxygens (including phenoxy) is 2. The van der Waals surface area contributed by atoms with Gasteiger partial charge >= 0.3 is 5.97 Å². The molecule has 0 N–H and O–H groups in total. The average Bonchev–Trinajstić information content (AvgIpc) is 3.29. The first kappa shape index (κ1) is 21.1. The molecule has 0 atom stereocenters. The highest BCUT2D eigenvalue weighted by atomic mass is 35.5. The fourth-order valence-corrected chi connectivity index (χ4v) is 3.94. The van der Waals surface area contributed by atoms with Crippen molar-refractivity contribution in [3.63, 3.8) is 0 Å². The molecule has 5 nitrogen and oxygen atoms in total. The Morgan fingerprint density at radius 3 is 2.68 bits per heavy atom. The molecule has 1 heterocycles. The summed E-state index contributed by atoms with van der Waals surface area (Å²) in [5.41, 5.74) is 5.33. The second-order valence-electron chi connectivity index (χ2n) is 7.28. The third-order valence-electron chi connectivity index (χ3n) is 5.20. The van der Waals surface area contributed by atoms with Crippen molar-refractivity contribution in [1.82, 2.24) is 10.2 Å². The first-order valence-electron chi connectivity index (χ1n) is 10.3. The van der Waals surface area contributed by atoms with Gasteiger partial charge in [-0.2, -0.15) is 10.2 Å². The quantitative estimate of drug-likeness (QED) is 0.428. The number of aromatic nitrogens is 2. The third kappa shape index (κ3) is 4.94. The summed E-state index contributed by atoms with van der Waals surface area (Å²) in [6.07, 6.45) is 4.15. The summed E-state index contributed by atoms with van der Waals surface area (Å²) in [6.45, 7) is 2.56. The van der Waals surface area contributed by atoms with Crippen LogP contribution in [0.25, 0.3) is 11.1 Å². The lowest BCUT2D eigenvalue weighted by molar-refractivity contribution is 0.0525. The van der Waals surface area contributed by atoms with Gasteiger partial charge in [-0.1, -0.05) is 41.9 Å².